The van der Waals surface area contributed by atoms with E-state index in [1.165, 1.54) is 0 Å². The number of nitriles is 2. The molecule has 0 bridgehead atoms. The molecule has 0 saturated heterocycles. The summed E-state index contributed by atoms with van der Waals surface area (Å²) in [7, 11) is 0. The van der Waals surface area contributed by atoms with Crippen LogP contribution in [0.2, 0.25) is 0 Å². The monoisotopic (exact) mass is 215 g/mol. The van der Waals surface area contributed by atoms with Crippen molar-refractivity contribution in [2.24, 2.45) is 5.73 Å². The molecular weight excluding hydrogens is 202 g/mol. The van der Waals surface area contributed by atoms with Gasteiger partial charge in [-0.3, -0.25) is 0 Å². The highest BCUT2D eigenvalue weighted by Crippen LogP contribution is 2.21. The van der Waals surface area contributed by atoms with Gasteiger partial charge in [-0.2, -0.15) is 10.5 Å². The fourth-order valence-corrected chi connectivity index (χ4v) is 1.41. The van der Waals surface area contributed by atoms with Gasteiger partial charge in [-0.05, 0) is 13.0 Å². The number of rotatable bonds is 4. The van der Waals surface area contributed by atoms with Crippen molar-refractivity contribution in [1.29, 1.82) is 10.5 Å². The molecule has 5 heteroatoms. The van der Waals surface area contributed by atoms with Gasteiger partial charge in [0, 0.05) is 17.8 Å². The van der Waals surface area contributed by atoms with Gasteiger partial charge in [-0.25, -0.2) is 4.98 Å². The Labute approximate surface area is 94.7 Å². The standard InChI is InChI=1S/C11H13N5/c1-9(14)10-3-2-6-15-11(10)16(7-4-12)8-5-13/h2-3,6,9H,7-8,14H2,1H3. The molecule has 1 heterocycles. The van der Waals surface area contributed by atoms with Gasteiger partial charge in [0.1, 0.15) is 18.9 Å². The summed E-state index contributed by atoms with van der Waals surface area (Å²) in [5.41, 5.74) is 6.65. The molecule has 1 rings (SSSR count). The summed E-state index contributed by atoms with van der Waals surface area (Å²) < 4.78 is 0. The zero-order valence-electron chi connectivity index (χ0n) is 9.09. The van der Waals surface area contributed by atoms with Gasteiger partial charge >= 0.3 is 0 Å². The van der Waals surface area contributed by atoms with E-state index in [4.69, 9.17) is 16.3 Å². The predicted molar refractivity (Wildman–Crippen MR) is 60.3 cm³/mol. The Hall–Kier alpha value is -2.11. The van der Waals surface area contributed by atoms with Gasteiger partial charge < -0.3 is 10.6 Å². The summed E-state index contributed by atoms with van der Waals surface area (Å²) >= 11 is 0. The molecule has 1 aromatic heterocycles. The van der Waals surface area contributed by atoms with E-state index in [9.17, 15) is 0 Å². The third-order valence-electron chi connectivity index (χ3n) is 2.13. The Morgan fingerprint density at radius 1 is 1.44 bits per heavy atom. The van der Waals surface area contributed by atoms with E-state index < -0.39 is 0 Å². The summed E-state index contributed by atoms with van der Waals surface area (Å²) in [6.45, 7) is 2.10. The van der Waals surface area contributed by atoms with Crippen molar-refractivity contribution in [2.75, 3.05) is 18.0 Å². The molecule has 1 aromatic rings. The number of aromatic nitrogens is 1. The van der Waals surface area contributed by atoms with Crippen molar-refractivity contribution in [3.05, 3.63) is 23.9 Å². The Bertz CT molecular complexity index is 411. The van der Waals surface area contributed by atoms with Gasteiger partial charge in [-0.15, -0.1) is 0 Å². The number of anilines is 1. The smallest absolute Gasteiger partial charge is 0.134 e. The molecule has 16 heavy (non-hydrogen) atoms. The Morgan fingerprint density at radius 2 is 2.06 bits per heavy atom. The Balaban J connectivity index is 3.09. The first-order valence-electron chi connectivity index (χ1n) is 4.90. The van der Waals surface area contributed by atoms with Gasteiger partial charge in [0.15, 0.2) is 0 Å². The molecule has 1 unspecified atom stereocenters. The van der Waals surface area contributed by atoms with Gasteiger partial charge in [0.05, 0.1) is 12.1 Å². The summed E-state index contributed by atoms with van der Waals surface area (Å²) in [5, 5.41) is 17.4. The molecule has 0 amide bonds. The summed E-state index contributed by atoms with van der Waals surface area (Å²) in [4.78, 5) is 5.79. The minimum absolute atomic E-state index is 0.129. The molecule has 0 aliphatic rings. The quantitative estimate of drug-likeness (QED) is 0.755. The maximum atomic E-state index is 8.69. The third-order valence-corrected chi connectivity index (χ3v) is 2.13. The van der Waals surface area contributed by atoms with Crippen LogP contribution in [-0.4, -0.2) is 18.1 Å². The molecule has 1 atom stereocenters. The highest BCUT2D eigenvalue weighted by atomic mass is 15.2. The largest absolute Gasteiger partial charge is 0.330 e. The lowest BCUT2D eigenvalue weighted by molar-refractivity contribution is 0.794. The SMILES string of the molecule is CC(N)c1cccnc1N(CC#N)CC#N. The average molecular weight is 215 g/mol. The van der Waals surface area contributed by atoms with Crippen LogP contribution in [0.25, 0.3) is 0 Å². The summed E-state index contributed by atoms with van der Waals surface area (Å²) in [5.74, 6) is 0.612. The number of nitrogens with zero attached hydrogens (tertiary/aromatic N) is 4. The number of hydrogen-bond donors (Lipinski definition) is 1. The van der Waals surface area contributed by atoms with Crippen LogP contribution in [0.3, 0.4) is 0 Å². The fourth-order valence-electron chi connectivity index (χ4n) is 1.41. The molecule has 0 spiro atoms. The molecule has 0 aliphatic carbocycles. The van der Waals surface area contributed by atoms with Crippen LogP contribution in [0.4, 0.5) is 5.82 Å². The normalized spacial score (nSPS) is 11.2. The zero-order valence-corrected chi connectivity index (χ0v) is 9.09. The van der Waals surface area contributed by atoms with E-state index in [0.717, 1.165) is 5.56 Å². The minimum atomic E-state index is -0.177. The second-order valence-corrected chi connectivity index (χ2v) is 3.38. The molecule has 82 valence electrons. The van der Waals surface area contributed by atoms with Crippen molar-refractivity contribution in [3.8, 4) is 12.1 Å². The molecule has 5 nitrogen and oxygen atoms in total. The van der Waals surface area contributed by atoms with E-state index in [0.29, 0.717) is 5.82 Å². The van der Waals surface area contributed by atoms with Crippen molar-refractivity contribution in [1.82, 2.24) is 4.98 Å². The second-order valence-electron chi connectivity index (χ2n) is 3.38. The van der Waals surface area contributed by atoms with Crippen LogP contribution < -0.4 is 10.6 Å². The summed E-state index contributed by atoms with van der Waals surface area (Å²) in [6, 6.07) is 7.49. The van der Waals surface area contributed by atoms with Crippen LogP contribution in [-0.2, 0) is 0 Å². The molecule has 0 aliphatic heterocycles. The van der Waals surface area contributed by atoms with Crippen LogP contribution in [0.1, 0.15) is 18.5 Å². The van der Waals surface area contributed by atoms with Crippen LogP contribution in [0.15, 0.2) is 18.3 Å². The number of pyridine rings is 1. The first-order valence-corrected chi connectivity index (χ1v) is 4.90. The minimum Gasteiger partial charge on any atom is -0.330 e. The third kappa shape index (κ3) is 2.69. The van der Waals surface area contributed by atoms with E-state index in [-0.39, 0.29) is 19.1 Å². The molecular formula is C11H13N5. The molecule has 0 aromatic carbocycles. The van der Waals surface area contributed by atoms with Crippen molar-refractivity contribution in [2.45, 2.75) is 13.0 Å². The van der Waals surface area contributed by atoms with Crippen molar-refractivity contribution < 1.29 is 0 Å². The van der Waals surface area contributed by atoms with Crippen LogP contribution in [0, 0.1) is 22.7 Å². The maximum Gasteiger partial charge on any atom is 0.134 e. The lowest BCUT2D eigenvalue weighted by atomic mass is 10.1. The lowest BCUT2D eigenvalue weighted by Crippen LogP contribution is -2.27. The van der Waals surface area contributed by atoms with E-state index in [1.807, 2.05) is 25.1 Å². The fraction of sp³-hybridized carbons (Fsp3) is 0.364. The average Bonchev–Trinajstić information content (AvgIpc) is 2.29. The number of nitrogens with two attached hydrogens (primary N) is 1. The molecule has 2 N–H and O–H groups in total. The van der Waals surface area contributed by atoms with E-state index in [1.54, 1.807) is 17.2 Å². The second kappa shape index (κ2) is 5.69. The highest BCUT2D eigenvalue weighted by molar-refractivity contribution is 5.49. The first-order chi connectivity index (χ1) is 7.70. The lowest BCUT2D eigenvalue weighted by Gasteiger charge is -2.21. The zero-order chi connectivity index (χ0) is 12.0. The van der Waals surface area contributed by atoms with Crippen LogP contribution >= 0.6 is 0 Å². The topological polar surface area (TPSA) is 89.7 Å². The van der Waals surface area contributed by atoms with E-state index in [2.05, 4.69) is 4.98 Å². The maximum absolute atomic E-state index is 8.69. The van der Waals surface area contributed by atoms with Crippen LogP contribution in [0.5, 0.6) is 0 Å². The summed E-state index contributed by atoms with van der Waals surface area (Å²) in [6.07, 6.45) is 1.63. The highest BCUT2D eigenvalue weighted by Gasteiger charge is 2.14. The molecule has 0 radical (unpaired) electrons. The van der Waals surface area contributed by atoms with E-state index >= 15 is 0 Å². The van der Waals surface area contributed by atoms with Gasteiger partial charge in [0.25, 0.3) is 0 Å². The first kappa shape index (κ1) is 12.0. The molecule has 0 saturated carbocycles. The predicted octanol–water partition coefficient (Wildman–Crippen LogP) is 0.955. The Kier molecular flexibility index (Phi) is 4.26. The van der Waals surface area contributed by atoms with Gasteiger partial charge in [-0.1, -0.05) is 6.07 Å². The molecule has 0 fully saturated rings. The number of hydrogen-bond acceptors (Lipinski definition) is 5. The Morgan fingerprint density at radius 3 is 2.56 bits per heavy atom. The van der Waals surface area contributed by atoms with Crippen molar-refractivity contribution in [3.63, 3.8) is 0 Å². The van der Waals surface area contributed by atoms with Gasteiger partial charge in [0.2, 0.25) is 0 Å². The van der Waals surface area contributed by atoms with Crippen molar-refractivity contribution >= 4 is 5.82 Å².